The van der Waals surface area contributed by atoms with Gasteiger partial charge in [0.15, 0.2) is 0 Å². The lowest BCUT2D eigenvalue weighted by molar-refractivity contribution is 0.628. The third-order valence-electron chi connectivity index (χ3n) is 2.79. The Bertz CT molecular complexity index is 615. The Labute approximate surface area is 121 Å². The Hall–Kier alpha value is -1.19. The van der Waals surface area contributed by atoms with Crippen LogP contribution in [0.15, 0.2) is 18.2 Å². The Morgan fingerprint density at radius 3 is 2.58 bits per heavy atom. The van der Waals surface area contributed by atoms with Crippen molar-refractivity contribution in [3.8, 4) is 11.3 Å². The summed E-state index contributed by atoms with van der Waals surface area (Å²) in [5.41, 5.74) is 2.07. The lowest BCUT2D eigenvalue weighted by Gasteiger charge is -2.10. The highest BCUT2D eigenvalue weighted by Gasteiger charge is 2.14. The SMILES string of the molecule is CCCc1nc(Cl)c(C)c(-c2ccc(F)cc2Cl)n1. The van der Waals surface area contributed by atoms with E-state index in [1.807, 2.05) is 13.8 Å². The normalized spacial score (nSPS) is 10.8. The van der Waals surface area contributed by atoms with Gasteiger partial charge in [-0.25, -0.2) is 14.4 Å². The Morgan fingerprint density at radius 1 is 1.21 bits per heavy atom. The first kappa shape index (κ1) is 14.2. The molecule has 0 aliphatic carbocycles. The van der Waals surface area contributed by atoms with Crippen LogP contribution in [-0.2, 0) is 6.42 Å². The lowest BCUT2D eigenvalue weighted by atomic mass is 10.1. The van der Waals surface area contributed by atoms with Gasteiger partial charge in [-0.15, -0.1) is 0 Å². The molecule has 100 valence electrons. The van der Waals surface area contributed by atoms with Gasteiger partial charge in [0.1, 0.15) is 16.8 Å². The van der Waals surface area contributed by atoms with Crippen molar-refractivity contribution in [2.45, 2.75) is 26.7 Å². The fourth-order valence-electron chi connectivity index (χ4n) is 1.81. The van der Waals surface area contributed by atoms with Gasteiger partial charge in [-0.3, -0.25) is 0 Å². The van der Waals surface area contributed by atoms with Crippen molar-refractivity contribution in [2.24, 2.45) is 0 Å². The molecule has 0 fully saturated rings. The summed E-state index contributed by atoms with van der Waals surface area (Å²) >= 11 is 12.2. The molecule has 19 heavy (non-hydrogen) atoms. The Balaban J connectivity index is 2.60. The van der Waals surface area contributed by atoms with Crippen LogP contribution in [-0.4, -0.2) is 9.97 Å². The van der Waals surface area contributed by atoms with Crippen LogP contribution in [0.5, 0.6) is 0 Å². The standard InChI is InChI=1S/C14H13Cl2FN2/c1-3-4-12-18-13(8(2)14(16)19-12)10-6-5-9(17)7-11(10)15/h5-7H,3-4H2,1-2H3. The lowest BCUT2D eigenvalue weighted by Crippen LogP contribution is -2.01. The molecule has 0 unspecified atom stereocenters. The summed E-state index contributed by atoms with van der Waals surface area (Å²) in [6, 6.07) is 4.24. The average molecular weight is 299 g/mol. The van der Waals surface area contributed by atoms with Crippen molar-refractivity contribution in [2.75, 3.05) is 0 Å². The van der Waals surface area contributed by atoms with Crippen molar-refractivity contribution >= 4 is 23.2 Å². The van der Waals surface area contributed by atoms with Crippen molar-refractivity contribution in [1.29, 1.82) is 0 Å². The molecule has 1 aromatic heterocycles. The van der Waals surface area contributed by atoms with E-state index in [-0.39, 0.29) is 5.82 Å². The second-order valence-corrected chi connectivity index (χ2v) is 5.04. The molecule has 1 heterocycles. The molecule has 2 rings (SSSR count). The Morgan fingerprint density at radius 2 is 1.95 bits per heavy atom. The number of hydrogen-bond donors (Lipinski definition) is 0. The number of benzene rings is 1. The molecule has 0 bridgehead atoms. The van der Waals surface area contributed by atoms with E-state index in [9.17, 15) is 4.39 Å². The number of halogens is 3. The minimum atomic E-state index is -0.375. The smallest absolute Gasteiger partial charge is 0.136 e. The van der Waals surface area contributed by atoms with Gasteiger partial charge in [0.2, 0.25) is 0 Å². The summed E-state index contributed by atoms with van der Waals surface area (Å²) in [6.45, 7) is 3.87. The molecule has 0 aliphatic heterocycles. The maximum absolute atomic E-state index is 13.1. The fraction of sp³-hybridized carbons (Fsp3) is 0.286. The molecule has 0 saturated carbocycles. The quantitative estimate of drug-likeness (QED) is 0.757. The van der Waals surface area contributed by atoms with Gasteiger partial charge in [-0.2, -0.15) is 0 Å². The maximum atomic E-state index is 13.1. The largest absolute Gasteiger partial charge is 0.232 e. The van der Waals surface area contributed by atoms with E-state index in [0.29, 0.717) is 27.3 Å². The van der Waals surface area contributed by atoms with Crippen LogP contribution in [0.2, 0.25) is 10.2 Å². The second kappa shape index (κ2) is 5.85. The zero-order valence-corrected chi connectivity index (χ0v) is 12.2. The minimum absolute atomic E-state index is 0.320. The number of aromatic nitrogens is 2. The zero-order valence-electron chi connectivity index (χ0n) is 10.7. The van der Waals surface area contributed by atoms with Crippen LogP contribution in [0.25, 0.3) is 11.3 Å². The molecule has 2 nitrogen and oxygen atoms in total. The van der Waals surface area contributed by atoms with Crippen molar-refractivity contribution in [1.82, 2.24) is 9.97 Å². The highest BCUT2D eigenvalue weighted by Crippen LogP contribution is 2.31. The van der Waals surface area contributed by atoms with Crippen molar-refractivity contribution < 1.29 is 4.39 Å². The molecule has 0 radical (unpaired) electrons. The molecule has 5 heteroatoms. The molecule has 0 spiro atoms. The zero-order chi connectivity index (χ0) is 14.0. The van der Waals surface area contributed by atoms with Crippen LogP contribution >= 0.6 is 23.2 Å². The first-order valence-electron chi connectivity index (χ1n) is 6.01. The van der Waals surface area contributed by atoms with Gasteiger partial charge in [-0.05, 0) is 31.5 Å². The molecule has 0 saturated heterocycles. The molecule has 1 aromatic carbocycles. The number of rotatable bonds is 3. The van der Waals surface area contributed by atoms with Crippen LogP contribution in [0.3, 0.4) is 0 Å². The second-order valence-electron chi connectivity index (χ2n) is 4.28. The summed E-state index contributed by atoms with van der Waals surface area (Å²) < 4.78 is 13.1. The molecule has 0 amide bonds. The van der Waals surface area contributed by atoms with Crippen molar-refractivity contribution in [3.05, 3.63) is 45.6 Å². The number of nitrogens with zero attached hydrogens (tertiary/aromatic N) is 2. The third-order valence-corrected chi connectivity index (χ3v) is 3.47. The van der Waals surface area contributed by atoms with Crippen LogP contribution in [0.1, 0.15) is 24.7 Å². The highest BCUT2D eigenvalue weighted by atomic mass is 35.5. The number of aryl methyl sites for hydroxylation is 1. The van der Waals surface area contributed by atoms with Gasteiger partial charge in [0.25, 0.3) is 0 Å². The van der Waals surface area contributed by atoms with Gasteiger partial charge in [0.05, 0.1) is 10.7 Å². The fourth-order valence-corrected chi connectivity index (χ4v) is 2.26. The first-order chi connectivity index (χ1) is 9.02. The number of hydrogen-bond acceptors (Lipinski definition) is 2. The van der Waals surface area contributed by atoms with Crippen LogP contribution in [0, 0.1) is 12.7 Å². The predicted octanol–water partition coefficient (Wildman–Crippen LogP) is 4.85. The van der Waals surface area contributed by atoms with E-state index in [2.05, 4.69) is 9.97 Å². The van der Waals surface area contributed by atoms with Crippen LogP contribution in [0.4, 0.5) is 4.39 Å². The van der Waals surface area contributed by atoms with Crippen molar-refractivity contribution in [3.63, 3.8) is 0 Å². The first-order valence-corrected chi connectivity index (χ1v) is 6.77. The van der Waals surface area contributed by atoms with E-state index in [1.54, 1.807) is 6.07 Å². The molecule has 0 N–H and O–H groups in total. The van der Waals surface area contributed by atoms with Gasteiger partial charge >= 0.3 is 0 Å². The van der Waals surface area contributed by atoms with E-state index in [1.165, 1.54) is 12.1 Å². The monoisotopic (exact) mass is 298 g/mol. The van der Waals surface area contributed by atoms with E-state index >= 15 is 0 Å². The summed E-state index contributed by atoms with van der Waals surface area (Å²) in [4.78, 5) is 8.71. The minimum Gasteiger partial charge on any atom is -0.232 e. The van der Waals surface area contributed by atoms with Crippen LogP contribution < -0.4 is 0 Å². The van der Waals surface area contributed by atoms with Gasteiger partial charge in [-0.1, -0.05) is 30.1 Å². The molecule has 0 aliphatic rings. The van der Waals surface area contributed by atoms with E-state index in [4.69, 9.17) is 23.2 Å². The predicted molar refractivity (Wildman–Crippen MR) is 76.2 cm³/mol. The van der Waals surface area contributed by atoms with E-state index in [0.717, 1.165) is 18.4 Å². The topological polar surface area (TPSA) is 25.8 Å². The Kier molecular flexibility index (Phi) is 4.38. The summed E-state index contributed by atoms with van der Waals surface area (Å²) in [5.74, 6) is 0.300. The summed E-state index contributed by atoms with van der Waals surface area (Å²) in [7, 11) is 0. The average Bonchev–Trinajstić information content (AvgIpc) is 2.34. The van der Waals surface area contributed by atoms with E-state index < -0.39 is 0 Å². The molecule has 0 atom stereocenters. The summed E-state index contributed by atoms with van der Waals surface area (Å²) in [6.07, 6.45) is 1.67. The maximum Gasteiger partial charge on any atom is 0.136 e. The van der Waals surface area contributed by atoms with Gasteiger partial charge < -0.3 is 0 Å². The molecular weight excluding hydrogens is 286 g/mol. The highest BCUT2D eigenvalue weighted by molar-refractivity contribution is 6.33. The van der Waals surface area contributed by atoms with Gasteiger partial charge in [0, 0.05) is 17.5 Å². The third kappa shape index (κ3) is 3.04. The molecular formula is C14H13Cl2FN2. The molecule has 2 aromatic rings. The summed E-state index contributed by atoms with van der Waals surface area (Å²) in [5, 5.41) is 0.731.